The summed E-state index contributed by atoms with van der Waals surface area (Å²) in [6, 6.07) is 7.27. The zero-order valence-electron chi connectivity index (χ0n) is 25.2. The number of halogens is 2. The molecule has 2 aromatic carbocycles. The van der Waals surface area contributed by atoms with Crippen LogP contribution in [0.4, 0.5) is 25.1 Å². The molecule has 0 spiro atoms. The molecule has 46 heavy (non-hydrogen) atoms. The lowest BCUT2D eigenvalue weighted by molar-refractivity contribution is -0.126. The Balaban J connectivity index is 1.22. The molecule has 1 saturated heterocycles. The second-order valence-corrected chi connectivity index (χ2v) is 10.9. The lowest BCUT2D eigenvalue weighted by atomic mass is 9.95. The average molecular weight is 637 g/mol. The number of nitrogens with two attached hydrogens (primary N) is 1. The summed E-state index contributed by atoms with van der Waals surface area (Å²) in [4.78, 5) is 47.1. The van der Waals surface area contributed by atoms with Gasteiger partial charge in [-0.15, -0.1) is 0 Å². The number of nitrogens with zero attached hydrogens (tertiary/aromatic N) is 4. The van der Waals surface area contributed by atoms with Crippen LogP contribution in [0.1, 0.15) is 28.8 Å². The van der Waals surface area contributed by atoms with E-state index >= 15 is 0 Å². The Kier molecular flexibility index (Phi) is 9.61. The highest BCUT2D eigenvalue weighted by atomic mass is 19.2. The number of fused-ring (bicyclic) bond motifs is 1. The SMILES string of the molecule is COc1ccc(-c2cnc3c(Nc4ccc(C(=O)N5CCC(C(=O)NCC(O)CNC(N)=O)CC5)c(C)c4)nccn23)c(F)c1F. The van der Waals surface area contributed by atoms with Crippen molar-refractivity contribution < 1.29 is 33.0 Å². The third-order valence-corrected chi connectivity index (χ3v) is 7.87. The molecule has 4 aromatic rings. The number of carbonyl (C=O) groups excluding carboxylic acids is 3. The van der Waals surface area contributed by atoms with Crippen LogP contribution in [0, 0.1) is 24.5 Å². The number of benzene rings is 2. The number of aromatic nitrogens is 3. The Morgan fingerprint density at radius 1 is 1.09 bits per heavy atom. The number of ether oxygens (including phenoxy) is 1. The van der Waals surface area contributed by atoms with Crippen molar-refractivity contribution in [2.24, 2.45) is 11.7 Å². The highest BCUT2D eigenvalue weighted by Crippen LogP contribution is 2.32. The Hall–Kier alpha value is -5.31. The Labute approximate surface area is 262 Å². The maximum absolute atomic E-state index is 14.8. The lowest BCUT2D eigenvalue weighted by Gasteiger charge is -2.32. The van der Waals surface area contributed by atoms with Gasteiger partial charge < -0.3 is 36.4 Å². The van der Waals surface area contributed by atoms with E-state index < -0.39 is 23.8 Å². The number of nitrogens with one attached hydrogen (secondary N) is 3. The van der Waals surface area contributed by atoms with E-state index in [4.69, 9.17) is 10.5 Å². The number of piperidine rings is 1. The molecule has 1 aliphatic heterocycles. The van der Waals surface area contributed by atoms with Crippen molar-refractivity contribution in [1.82, 2.24) is 29.9 Å². The molecule has 4 amide bonds. The van der Waals surface area contributed by atoms with Gasteiger partial charge in [0.15, 0.2) is 23.0 Å². The number of carbonyl (C=O) groups is 3. The number of imidazole rings is 1. The summed E-state index contributed by atoms with van der Waals surface area (Å²) in [6.07, 6.45) is 4.52. The Bertz CT molecular complexity index is 1770. The van der Waals surface area contributed by atoms with E-state index in [0.717, 1.165) is 5.56 Å². The van der Waals surface area contributed by atoms with Crippen LogP contribution >= 0.6 is 0 Å². The lowest BCUT2D eigenvalue weighted by Crippen LogP contribution is -2.46. The van der Waals surface area contributed by atoms with Crippen LogP contribution < -0.4 is 26.4 Å². The first-order valence-corrected chi connectivity index (χ1v) is 14.6. The number of hydrogen-bond acceptors (Lipinski definition) is 8. The summed E-state index contributed by atoms with van der Waals surface area (Å²) in [7, 11) is 1.26. The van der Waals surface area contributed by atoms with Gasteiger partial charge in [0.25, 0.3) is 5.91 Å². The molecule has 1 unspecified atom stereocenters. The molecular weight excluding hydrogens is 602 g/mol. The summed E-state index contributed by atoms with van der Waals surface area (Å²) in [5.74, 6) is -2.64. The minimum absolute atomic E-state index is 0.0136. The third-order valence-electron chi connectivity index (χ3n) is 7.87. The van der Waals surface area contributed by atoms with Gasteiger partial charge in [0.1, 0.15) is 0 Å². The van der Waals surface area contributed by atoms with Crippen molar-refractivity contribution in [2.45, 2.75) is 25.9 Å². The van der Waals surface area contributed by atoms with E-state index in [1.165, 1.54) is 31.6 Å². The molecule has 0 radical (unpaired) electrons. The second kappa shape index (κ2) is 13.8. The van der Waals surface area contributed by atoms with E-state index in [1.807, 2.05) is 6.92 Å². The van der Waals surface area contributed by atoms with Crippen molar-refractivity contribution in [3.8, 4) is 17.0 Å². The fourth-order valence-electron chi connectivity index (χ4n) is 5.38. The average Bonchev–Trinajstić information content (AvgIpc) is 3.48. The standard InChI is InChI=1S/C31H34F2N8O5/c1-17-13-19(39-27-28-36-16-23(41(28)12-9-35-27)22-5-6-24(46-2)26(33)25(22)32)3-4-21(17)30(44)40-10-7-18(8-11-40)29(43)37-14-20(42)15-38-31(34)45/h3-6,9,12-13,16,18,20,42H,7-8,10-11,14-15H2,1-2H3,(H,35,39)(H,37,43)(H3,34,38,45). The van der Waals surface area contributed by atoms with Crippen molar-refractivity contribution in [3.05, 3.63) is 71.7 Å². The maximum atomic E-state index is 14.8. The fraction of sp³-hybridized carbons (Fsp3) is 0.323. The molecule has 15 heteroatoms. The Morgan fingerprint density at radius 2 is 1.83 bits per heavy atom. The molecule has 242 valence electrons. The van der Waals surface area contributed by atoms with Crippen LogP contribution in [0.15, 0.2) is 48.9 Å². The zero-order valence-corrected chi connectivity index (χ0v) is 25.2. The summed E-state index contributed by atoms with van der Waals surface area (Å²) < 4.78 is 35.7. The van der Waals surface area contributed by atoms with Crippen LogP contribution in [-0.2, 0) is 4.79 Å². The molecule has 6 N–H and O–H groups in total. The second-order valence-electron chi connectivity index (χ2n) is 10.9. The van der Waals surface area contributed by atoms with E-state index in [0.29, 0.717) is 54.3 Å². The zero-order chi connectivity index (χ0) is 33.0. The predicted octanol–water partition coefficient (Wildman–Crippen LogP) is 2.73. The van der Waals surface area contributed by atoms with E-state index in [1.54, 1.807) is 33.7 Å². The number of aliphatic hydroxyl groups is 1. The fourth-order valence-corrected chi connectivity index (χ4v) is 5.38. The number of aliphatic hydroxyl groups excluding tert-OH is 1. The number of hydrogen-bond donors (Lipinski definition) is 5. The van der Waals surface area contributed by atoms with Crippen LogP contribution in [0.3, 0.4) is 0 Å². The smallest absolute Gasteiger partial charge is 0.312 e. The Morgan fingerprint density at radius 3 is 2.52 bits per heavy atom. The number of likely N-dealkylation sites (tertiary alicyclic amines) is 1. The van der Waals surface area contributed by atoms with Crippen molar-refractivity contribution >= 4 is 35.0 Å². The molecule has 5 rings (SSSR count). The molecule has 0 bridgehead atoms. The van der Waals surface area contributed by atoms with E-state index in [2.05, 4.69) is 25.9 Å². The first-order valence-electron chi connectivity index (χ1n) is 14.6. The van der Waals surface area contributed by atoms with Crippen molar-refractivity contribution in [2.75, 3.05) is 38.6 Å². The van der Waals surface area contributed by atoms with Crippen LogP contribution in [0.2, 0.25) is 0 Å². The minimum Gasteiger partial charge on any atom is -0.494 e. The first-order chi connectivity index (χ1) is 22.1. The number of amides is 4. The van der Waals surface area contributed by atoms with Gasteiger partial charge in [0, 0.05) is 61.3 Å². The molecular formula is C31H34F2N8O5. The normalized spacial score (nSPS) is 14.2. The van der Waals surface area contributed by atoms with Gasteiger partial charge >= 0.3 is 6.03 Å². The minimum atomic E-state index is -1.09. The van der Waals surface area contributed by atoms with Gasteiger partial charge in [-0.05, 0) is 55.7 Å². The molecule has 2 aromatic heterocycles. The van der Waals surface area contributed by atoms with Gasteiger partial charge in [-0.2, -0.15) is 4.39 Å². The highest BCUT2D eigenvalue weighted by molar-refractivity contribution is 5.96. The number of rotatable bonds is 10. The predicted molar refractivity (Wildman–Crippen MR) is 165 cm³/mol. The number of anilines is 2. The number of primary amides is 1. The molecule has 3 heterocycles. The van der Waals surface area contributed by atoms with E-state index in [-0.39, 0.29) is 42.1 Å². The number of urea groups is 1. The van der Waals surface area contributed by atoms with Gasteiger partial charge in [-0.25, -0.2) is 19.2 Å². The molecule has 13 nitrogen and oxygen atoms in total. The van der Waals surface area contributed by atoms with Crippen molar-refractivity contribution in [3.63, 3.8) is 0 Å². The van der Waals surface area contributed by atoms with E-state index in [9.17, 15) is 28.3 Å². The maximum Gasteiger partial charge on any atom is 0.312 e. The first kappa shape index (κ1) is 32.1. The summed E-state index contributed by atoms with van der Waals surface area (Å²) >= 11 is 0. The van der Waals surface area contributed by atoms with Crippen molar-refractivity contribution in [1.29, 1.82) is 0 Å². The molecule has 0 aliphatic carbocycles. The topological polar surface area (TPSA) is 176 Å². The molecule has 1 atom stereocenters. The molecule has 1 aliphatic rings. The van der Waals surface area contributed by atoms with Crippen LogP contribution in [-0.4, -0.2) is 81.6 Å². The number of aryl methyl sites for hydroxylation is 1. The molecule has 0 saturated carbocycles. The molecule has 1 fully saturated rings. The third kappa shape index (κ3) is 6.83. The summed E-state index contributed by atoms with van der Waals surface area (Å²) in [6.45, 7) is 2.52. The number of methoxy groups -OCH3 is 1. The highest BCUT2D eigenvalue weighted by Gasteiger charge is 2.29. The van der Waals surface area contributed by atoms with Gasteiger partial charge in [-0.1, -0.05) is 0 Å². The summed E-state index contributed by atoms with van der Waals surface area (Å²) in [5, 5.41) is 18.0. The quantitative estimate of drug-likeness (QED) is 0.177. The monoisotopic (exact) mass is 636 g/mol. The van der Waals surface area contributed by atoms with Gasteiger partial charge in [0.05, 0.1) is 25.1 Å². The summed E-state index contributed by atoms with van der Waals surface area (Å²) in [5.41, 5.74) is 7.59. The van der Waals surface area contributed by atoms with Crippen LogP contribution in [0.25, 0.3) is 16.9 Å². The van der Waals surface area contributed by atoms with Gasteiger partial charge in [-0.3, -0.25) is 14.0 Å². The van der Waals surface area contributed by atoms with Crippen LogP contribution in [0.5, 0.6) is 5.75 Å². The largest absolute Gasteiger partial charge is 0.494 e. The van der Waals surface area contributed by atoms with Gasteiger partial charge in [0.2, 0.25) is 11.7 Å².